The number of unbranched alkanes of at least 4 members (excludes halogenated alkanes) is 8. The summed E-state index contributed by atoms with van der Waals surface area (Å²) in [6, 6.07) is 32.7. The molecule has 8 aromatic carbocycles. The van der Waals surface area contributed by atoms with Crippen molar-refractivity contribution >= 4 is 101 Å². The molecule has 3 heterocycles. The van der Waals surface area contributed by atoms with Gasteiger partial charge in [0.05, 0.1) is 85.9 Å². The van der Waals surface area contributed by atoms with Gasteiger partial charge >= 0.3 is 0 Å². The zero-order chi connectivity index (χ0) is 67.8. The van der Waals surface area contributed by atoms with Crippen LogP contribution in [0.15, 0.2) is 117 Å². The molecule has 0 bridgehead atoms. The zero-order valence-corrected chi connectivity index (χ0v) is 58.4. The Morgan fingerprint density at radius 2 is 0.711 bits per heavy atom. The lowest BCUT2D eigenvalue weighted by atomic mass is 9.97. The van der Waals surface area contributed by atoms with Crippen molar-refractivity contribution in [2.45, 2.75) is 158 Å². The first-order valence-electron chi connectivity index (χ1n) is 35.7. The minimum Gasteiger partial charge on any atom is -0.492 e. The molecule has 11 rings (SSSR count). The van der Waals surface area contributed by atoms with E-state index >= 15 is 0 Å². The van der Waals surface area contributed by atoms with Gasteiger partial charge in [0.15, 0.2) is 11.7 Å². The number of hydrogen-bond donors (Lipinski definition) is 3. The lowest BCUT2D eigenvalue weighted by Crippen LogP contribution is -2.26. The number of rotatable bonds is 36. The molecule has 0 atom stereocenters. The Morgan fingerprint density at radius 1 is 0.392 bits per heavy atom. The van der Waals surface area contributed by atoms with Gasteiger partial charge in [-0.05, 0) is 51.4 Å². The fourth-order valence-corrected chi connectivity index (χ4v) is 12.6. The molecule has 0 unspecified atom stereocenters. The first-order valence-corrected chi connectivity index (χ1v) is 35.7. The zero-order valence-electron chi connectivity index (χ0n) is 58.4. The minimum absolute atomic E-state index is 0.225. The molecule has 0 spiro atoms. The number of aliphatic imine (C=N–C) groups is 4. The van der Waals surface area contributed by atoms with Crippen LogP contribution in [0.1, 0.15) is 192 Å². The van der Waals surface area contributed by atoms with Crippen LogP contribution in [0.25, 0.3) is 53.9 Å². The predicted octanol–water partition coefficient (Wildman–Crippen LogP) is 20.5. The predicted molar refractivity (Wildman–Crippen MR) is 400 cm³/mol. The van der Waals surface area contributed by atoms with Crippen LogP contribution in [0.3, 0.4) is 0 Å². The van der Waals surface area contributed by atoms with Crippen LogP contribution >= 0.6 is 0 Å². The molecular formula is C81H96N8O8. The quantitative estimate of drug-likeness (QED) is 0.0253. The van der Waals surface area contributed by atoms with Crippen molar-refractivity contribution in [3.05, 3.63) is 130 Å². The summed E-state index contributed by atoms with van der Waals surface area (Å²) in [6.07, 6.45) is 17.1. The number of hydrogen-bond acceptors (Lipinski definition) is 13. The molecule has 2 aliphatic rings. The number of nitrogens with zero attached hydrogens (tertiary/aromatic N) is 5. The Labute approximate surface area is 571 Å². The van der Waals surface area contributed by atoms with Gasteiger partial charge < -0.3 is 53.2 Å². The van der Waals surface area contributed by atoms with Gasteiger partial charge in [0.1, 0.15) is 69.3 Å². The van der Waals surface area contributed by atoms with Gasteiger partial charge in [-0.3, -0.25) is 5.41 Å². The number of benzene rings is 8. The largest absolute Gasteiger partial charge is 0.492 e. The summed E-state index contributed by atoms with van der Waals surface area (Å²) in [7, 11) is 1.88. The van der Waals surface area contributed by atoms with Crippen LogP contribution in [0.5, 0.6) is 46.0 Å². The molecule has 508 valence electrons. The first kappa shape index (κ1) is 68.9. The number of ether oxygens (including phenoxy) is 8. The molecule has 9 aromatic rings. The normalized spacial score (nSPS) is 13.7. The molecule has 0 aliphatic carbocycles. The highest BCUT2D eigenvalue weighted by Gasteiger charge is 2.41. The molecule has 0 fully saturated rings. The van der Waals surface area contributed by atoms with E-state index in [1.165, 1.54) is 6.21 Å². The number of nitrogens with one attached hydrogen (secondary N) is 3. The van der Waals surface area contributed by atoms with E-state index in [-0.39, 0.29) is 5.84 Å². The highest BCUT2D eigenvalue weighted by atomic mass is 16.5. The van der Waals surface area contributed by atoms with Crippen LogP contribution in [0.2, 0.25) is 0 Å². The SMILES string of the molecule is CCCCOc1c(C=N)c(C=Nc2[nH]c(N=C3N=C(N=C4c5c(c(OCCCC)c6ccccc6c5OCCCC)C(=N)N4C)c4c3c(OCCCC)c3ccccc3c4OCCCC)c3c(OCCCC)c4ccccc4c(OCCCC)c23)c(OCCCC)c2ccccc12. The average Bonchev–Trinajstić information content (AvgIpc) is 1.62. The van der Waals surface area contributed by atoms with E-state index in [2.05, 4.69) is 103 Å². The van der Waals surface area contributed by atoms with Gasteiger partial charge in [-0.15, -0.1) is 0 Å². The van der Waals surface area contributed by atoms with Crippen molar-refractivity contribution in [2.24, 2.45) is 20.0 Å². The van der Waals surface area contributed by atoms with Gasteiger partial charge in [-0.1, -0.05) is 204 Å². The number of aromatic nitrogens is 1. The topological polar surface area (TPSA) is 190 Å². The van der Waals surface area contributed by atoms with E-state index in [0.717, 1.165) is 146 Å². The van der Waals surface area contributed by atoms with Crippen molar-refractivity contribution < 1.29 is 37.9 Å². The third-order valence-electron chi connectivity index (χ3n) is 17.9. The van der Waals surface area contributed by atoms with Gasteiger partial charge in [0.2, 0.25) is 0 Å². The number of H-pyrrole nitrogens is 1. The monoisotopic (exact) mass is 1310 g/mol. The lowest BCUT2D eigenvalue weighted by molar-refractivity contribution is 0.305. The number of aromatic amines is 1. The third-order valence-corrected chi connectivity index (χ3v) is 17.9. The Hall–Kier alpha value is -9.44. The van der Waals surface area contributed by atoms with E-state index in [1.807, 2.05) is 66.5 Å². The van der Waals surface area contributed by atoms with E-state index in [1.54, 1.807) is 6.21 Å². The second-order valence-electron chi connectivity index (χ2n) is 24.9. The summed E-state index contributed by atoms with van der Waals surface area (Å²) in [4.78, 5) is 28.3. The van der Waals surface area contributed by atoms with E-state index in [9.17, 15) is 5.41 Å². The van der Waals surface area contributed by atoms with E-state index in [4.69, 9.17) is 63.3 Å². The molecule has 0 radical (unpaired) electrons. The highest BCUT2D eigenvalue weighted by Crippen LogP contribution is 2.53. The molecule has 0 saturated heterocycles. The molecule has 1 aromatic heterocycles. The maximum absolute atomic E-state index is 10.0. The highest BCUT2D eigenvalue weighted by molar-refractivity contribution is 6.35. The second-order valence-corrected chi connectivity index (χ2v) is 24.9. The van der Waals surface area contributed by atoms with Crippen LogP contribution in [0.4, 0.5) is 11.6 Å². The van der Waals surface area contributed by atoms with Crippen molar-refractivity contribution in [2.75, 3.05) is 59.9 Å². The van der Waals surface area contributed by atoms with Crippen LogP contribution < -0.4 is 37.9 Å². The fourth-order valence-electron chi connectivity index (χ4n) is 12.6. The molecule has 16 heteroatoms. The minimum atomic E-state index is 0.225. The van der Waals surface area contributed by atoms with Crippen molar-refractivity contribution in [1.82, 2.24) is 9.88 Å². The molecule has 3 N–H and O–H groups in total. The molecule has 0 saturated carbocycles. The summed E-state index contributed by atoms with van der Waals surface area (Å²) in [6.45, 7) is 20.8. The van der Waals surface area contributed by atoms with Gasteiger partial charge in [0.25, 0.3) is 0 Å². The average molecular weight is 1310 g/mol. The standard InChI is InChI=1S/C81H96N8O8/c1-10-18-42-90-68-52-34-26-27-35-53(52)69(91-43-19-11-2)61(60(68)50-82)51-84-77-63-64(72(94-46-22-14-5)56-38-30-29-37-55(56)71(63)93-45-21-13-4)78(85-77)86-79-65-66(74(96-48-24-16-7)58-40-32-31-39-57(58)73(65)95-47-23-15-6)80(87-79)88-81-67-62(76(83)89(81)9)70(92-44-20-12-3)54-36-28-33-41-59(54)75(67)97-49-25-17-8/h26-41,50-51,82-83,85H,10-25,42-49H2,1-9H3. The van der Waals surface area contributed by atoms with Gasteiger partial charge in [-0.2, -0.15) is 0 Å². The lowest BCUT2D eigenvalue weighted by Gasteiger charge is -2.20. The second kappa shape index (κ2) is 33.0. The molecule has 97 heavy (non-hydrogen) atoms. The van der Waals surface area contributed by atoms with E-state index in [0.29, 0.717) is 172 Å². The molecule has 2 aliphatic heterocycles. The summed E-state index contributed by atoms with van der Waals surface area (Å²) in [5.41, 5.74) is 3.64. The van der Waals surface area contributed by atoms with Crippen LogP contribution in [-0.4, -0.2) is 106 Å². The van der Waals surface area contributed by atoms with Crippen LogP contribution in [0, 0.1) is 10.8 Å². The maximum atomic E-state index is 10.0. The number of fused-ring (bicyclic) bond motifs is 7. The third kappa shape index (κ3) is 14.1. The molecular weight excluding hydrogens is 1210 g/mol. The van der Waals surface area contributed by atoms with Crippen molar-refractivity contribution in [1.29, 1.82) is 10.8 Å². The van der Waals surface area contributed by atoms with Gasteiger partial charge in [-0.25, -0.2) is 20.0 Å². The van der Waals surface area contributed by atoms with Crippen molar-refractivity contribution in [3.8, 4) is 46.0 Å². The summed E-state index contributed by atoms with van der Waals surface area (Å²) in [5, 5.41) is 27.3. The summed E-state index contributed by atoms with van der Waals surface area (Å²) in [5.74, 6) is 7.08. The van der Waals surface area contributed by atoms with Crippen molar-refractivity contribution in [3.63, 3.8) is 0 Å². The summed E-state index contributed by atoms with van der Waals surface area (Å²) >= 11 is 0. The van der Waals surface area contributed by atoms with Crippen LogP contribution in [-0.2, 0) is 0 Å². The Bertz CT molecular complexity index is 4450. The first-order chi connectivity index (χ1) is 47.7. The van der Waals surface area contributed by atoms with E-state index < -0.39 is 0 Å². The maximum Gasteiger partial charge on any atom is 0.168 e. The fraction of sp³-hybridized carbons (Fsp3) is 0.407. The summed E-state index contributed by atoms with van der Waals surface area (Å²) < 4.78 is 55.6. The smallest absolute Gasteiger partial charge is 0.168 e. The molecule has 16 nitrogen and oxygen atoms in total. The molecule has 0 amide bonds. The Kier molecular flexibility index (Phi) is 23.5. The Balaban J connectivity index is 1.26. The Morgan fingerprint density at radius 3 is 1.10 bits per heavy atom. The van der Waals surface area contributed by atoms with Gasteiger partial charge in [0, 0.05) is 73.7 Å². The number of amidine groups is 4.